The highest BCUT2D eigenvalue weighted by atomic mass is 35.5. The SMILES string of the molecule is CCn1ccnc1NC1(CCl)CCCCC1. The Balaban J connectivity index is 2.11. The lowest BCUT2D eigenvalue weighted by Crippen LogP contribution is -2.43. The van der Waals surface area contributed by atoms with Crippen molar-refractivity contribution in [1.82, 2.24) is 9.55 Å². The molecular weight excluding hydrogens is 222 g/mol. The fourth-order valence-electron chi connectivity index (χ4n) is 2.45. The van der Waals surface area contributed by atoms with Gasteiger partial charge in [0.2, 0.25) is 5.95 Å². The number of nitrogens with zero attached hydrogens (tertiary/aromatic N) is 2. The number of aromatic nitrogens is 2. The quantitative estimate of drug-likeness (QED) is 0.821. The molecule has 4 heteroatoms. The van der Waals surface area contributed by atoms with E-state index in [1.165, 1.54) is 19.3 Å². The normalized spacial score (nSPS) is 19.6. The Bertz CT molecular complexity index is 329. The third-order valence-corrected chi connectivity index (χ3v) is 4.01. The molecule has 0 atom stereocenters. The number of alkyl halides is 1. The zero-order valence-corrected chi connectivity index (χ0v) is 10.6. The average Bonchev–Trinajstić information content (AvgIpc) is 2.77. The van der Waals surface area contributed by atoms with Gasteiger partial charge in [-0.1, -0.05) is 19.3 Å². The largest absolute Gasteiger partial charge is 0.349 e. The molecule has 0 spiro atoms. The van der Waals surface area contributed by atoms with E-state index in [1.54, 1.807) is 0 Å². The van der Waals surface area contributed by atoms with Crippen LogP contribution in [-0.4, -0.2) is 21.0 Å². The van der Waals surface area contributed by atoms with E-state index in [-0.39, 0.29) is 5.54 Å². The fourth-order valence-corrected chi connectivity index (χ4v) is 2.78. The van der Waals surface area contributed by atoms with Gasteiger partial charge in [-0.3, -0.25) is 0 Å². The third-order valence-electron chi connectivity index (χ3n) is 3.50. The van der Waals surface area contributed by atoms with E-state index < -0.39 is 0 Å². The van der Waals surface area contributed by atoms with Crippen LogP contribution in [-0.2, 0) is 6.54 Å². The molecule has 0 saturated heterocycles. The minimum atomic E-state index is 0.0675. The van der Waals surface area contributed by atoms with E-state index in [0.29, 0.717) is 5.88 Å². The fraction of sp³-hybridized carbons (Fsp3) is 0.750. The van der Waals surface area contributed by atoms with Gasteiger partial charge < -0.3 is 9.88 Å². The molecule has 90 valence electrons. The molecule has 1 saturated carbocycles. The molecule has 1 aliphatic carbocycles. The van der Waals surface area contributed by atoms with Crippen molar-refractivity contribution in [3.05, 3.63) is 12.4 Å². The predicted octanol–water partition coefficient (Wildman–Crippen LogP) is 3.26. The van der Waals surface area contributed by atoms with Crippen molar-refractivity contribution in [2.75, 3.05) is 11.2 Å². The topological polar surface area (TPSA) is 29.9 Å². The van der Waals surface area contributed by atoms with Gasteiger partial charge in [0.1, 0.15) is 0 Å². The number of hydrogen-bond donors (Lipinski definition) is 1. The maximum atomic E-state index is 6.15. The molecule has 1 aromatic rings. The van der Waals surface area contributed by atoms with Crippen LogP contribution in [0.5, 0.6) is 0 Å². The molecule has 0 bridgehead atoms. The summed E-state index contributed by atoms with van der Waals surface area (Å²) in [6.07, 6.45) is 10.0. The minimum absolute atomic E-state index is 0.0675. The molecule has 1 heterocycles. The van der Waals surface area contributed by atoms with Gasteiger partial charge >= 0.3 is 0 Å². The molecule has 0 amide bonds. The number of rotatable bonds is 4. The average molecular weight is 242 g/mol. The van der Waals surface area contributed by atoms with Crippen LogP contribution in [0.4, 0.5) is 5.95 Å². The summed E-state index contributed by atoms with van der Waals surface area (Å²) in [5, 5.41) is 3.56. The molecule has 1 aliphatic rings. The monoisotopic (exact) mass is 241 g/mol. The summed E-state index contributed by atoms with van der Waals surface area (Å²) < 4.78 is 2.13. The first kappa shape index (κ1) is 11.8. The second-order valence-corrected chi connectivity index (χ2v) is 4.90. The zero-order chi connectivity index (χ0) is 11.4. The smallest absolute Gasteiger partial charge is 0.203 e. The van der Waals surface area contributed by atoms with Crippen LogP contribution in [0.1, 0.15) is 39.0 Å². The highest BCUT2D eigenvalue weighted by molar-refractivity contribution is 6.18. The summed E-state index contributed by atoms with van der Waals surface area (Å²) in [6.45, 7) is 3.07. The van der Waals surface area contributed by atoms with Crippen molar-refractivity contribution in [1.29, 1.82) is 0 Å². The maximum Gasteiger partial charge on any atom is 0.203 e. The first-order valence-corrected chi connectivity index (χ1v) is 6.68. The van der Waals surface area contributed by atoms with E-state index in [9.17, 15) is 0 Å². The van der Waals surface area contributed by atoms with Gasteiger partial charge in [0.25, 0.3) is 0 Å². The number of anilines is 1. The summed E-state index contributed by atoms with van der Waals surface area (Å²) in [4.78, 5) is 4.37. The Hall–Kier alpha value is -0.700. The second-order valence-electron chi connectivity index (χ2n) is 4.64. The minimum Gasteiger partial charge on any atom is -0.349 e. The number of imidazole rings is 1. The van der Waals surface area contributed by atoms with Crippen LogP contribution in [0.3, 0.4) is 0 Å². The van der Waals surface area contributed by atoms with E-state index in [2.05, 4.69) is 21.8 Å². The highest BCUT2D eigenvalue weighted by Crippen LogP contribution is 2.32. The summed E-state index contributed by atoms with van der Waals surface area (Å²) in [7, 11) is 0. The molecule has 2 rings (SSSR count). The van der Waals surface area contributed by atoms with Crippen LogP contribution >= 0.6 is 11.6 Å². The van der Waals surface area contributed by atoms with Gasteiger partial charge in [-0.15, -0.1) is 11.6 Å². The zero-order valence-electron chi connectivity index (χ0n) is 9.88. The molecule has 1 N–H and O–H groups in total. The van der Waals surface area contributed by atoms with Crippen molar-refractivity contribution < 1.29 is 0 Å². The molecule has 16 heavy (non-hydrogen) atoms. The molecule has 3 nitrogen and oxygen atoms in total. The summed E-state index contributed by atoms with van der Waals surface area (Å²) in [5.41, 5.74) is 0.0675. The second kappa shape index (κ2) is 5.09. The van der Waals surface area contributed by atoms with E-state index >= 15 is 0 Å². The van der Waals surface area contributed by atoms with Crippen molar-refractivity contribution in [2.24, 2.45) is 0 Å². The Kier molecular flexibility index (Phi) is 3.74. The Morgan fingerprint density at radius 3 is 2.81 bits per heavy atom. The number of hydrogen-bond acceptors (Lipinski definition) is 2. The van der Waals surface area contributed by atoms with E-state index in [0.717, 1.165) is 25.3 Å². The summed E-state index contributed by atoms with van der Waals surface area (Å²) >= 11 is 6.15. The van der Waals surface area contributed by atoms with Gasteiger partial charge in [-0.25, -0.2) is 4.98 Å². The number of halogens is 1. The Morgan fingerprint density at radius 2 is 2.19 bits per heavy atom. The molecule has 0 unspecified atom stereocenters. The molecule has 1 fully saturated rings. The molecular formula is C12H20ClN3. The van der Waals surface area contributed by atoms with Crippen molar-refractivity contribution in [3.63, 3.8) is 0 Å². The Labute approximate surface area is 102 Å². The van der Waals surface area contributed by atoms with E-state index in [1.807, 2.05) is 12.4 Å². The van der Waals surface area contributed by atoms with Gasteiger partial charge in [-0.05, 0) is 19.8 Å². The van der Waals surface area contributed by atoms with Crippen LogP contribution in [0.15, 0.2) is 12.4 Å². The van der Waals surface area contributed by atoms with Crippen molar-refractivity contribution in [2.45, 2.75) is 51.1 Å². The lowest BCUT2D eigenvalue weighted by Gasteiger charge is -2.36. The number of nitrogens with one attached hydrogen (secondary N) is 1. The van der Waals surface area contributed by atoms with Crippen LogP contribution in [0, 0.1) is 0 Å². The first-order chi connectivity index (χ1) is 7.79. The van der Waals surface area contributed by atoms with Crippen molar-refractivity contribution in [3.8, 4) is 0 Å². The maximum absolute atomic E-state index is 6.15. The Morgan fingerprint density at radius 1 is 1.44 bits per heavy atom. The summed E-state index contributed by atoms with van der Waals surface area (Å²) in [6, 6.07) is 0. The first-order valence-electron chi connectivity index (χ1n) is 6.15. The van der Waals surface area contributed by atoms with Gasteiger partial charge in [0, 0.05) is 24.8 Å². The molecule has 0 radical (unpaired) electrons. The van der Waals surface area contributed by atoms with Gasteiger partial charge in [-0.2, -0.15) is 0 Å². The molecule has 0 aliphatic heterocycles. The van der Waals surface area contributed by atoms with Crippen LogP contribution in [0.2, 0.25) is 0 Å². The predicted molar refractivity (Wildman–Crippen MR) is 68.1 cm³/mol. The number of aryl methyl sites for hydroxylation is 1. The van der Waals surface area contributed by atoms with Crippen LogP contribution in [0.25, 0.3) is 0 Å². The highest BCUT2D eigenvalue weighted by Gasteiger charge is 2.31. The third kappa shape index (κ3) is 2.34. The summed E-state index contributed by atoms with van der Waals surface area (Å²) in [5.74, 6) is 1.63. The van der Waals surface area contributed by atoms with Crippen LogP contribution < -0.4 is 5.32 Å². The van der Waals surface area contributed by atoms with Crippen molar-refractivity contribution >= 4 is 17.5 Å². The van der Waals surface area contributed by atoms with Gasteiger partial charge in [0.15, 0.2) is 0 Å². The lowest BCUT2D eigenvalue weighted by molar-refractivity contribution is 0.350. The van der Waals surface area contributed by atoms with Gasteiger partial charge in [0.05, 0.1) is 5.54 Å². The van der Waals surface area contributed by atoms with E-state index in [4.69, 9.17) is 11.6 Å². The lowest BCUT2D eigenvalue weighted by atomic mass is 9.83. The molecule has 0 aromatic carbocycles. The standard InChI is InChI=1S/C12H20ClN3/c1-2-16-9-8-14-11(16)15-12(10-13)6-4-3-5-7-12/h8-9H,2-7,10H2,1H3,(H,14,15). The molecule has 1 aromatic heterocycles.